The van der Waals surface area contributed by atoms with Crippen molar-refractivity contribution in [3.63, 3.8) is 0 Å². The lowest BCUT2D eigenvalue weighted by Crippen LogP contribution is -1.88. The Balaban J connectivity index is 2.15. The number of aryl methyl sites for hydroxylation is 1. The predicted molar refractivity (Wildman–Crippen MR) is 55.3 cm³/mol. The van der Waals surface area contributed by atoms with Crippen LogP contribution in [0.3, 0.4) is 0 Å². The molecule has 2 heterocycles. The third-order valence-electron chi connectivity index (χ3n) is 1.96. The molecule has 0 N–H and O–H groups in total. The van der Waals surface area contributed by atoms with Gasteiger partial charge in [0.25, 0.3) is 0 Å². The summed E-state index contributed by atoms with van der Waals surface area (Å²) in [6.07, 6.45) is 6.48. The molecular formula is C10H10ClN3. The fraction of sp³-hybridized carbons (Fsp3) is 0.200. The first kappa shape index (κ1) is 9.21. The van der Waals surface area contributed by atoms with E-state index in [0.717, 1.165) is 12.0 Å². The molecule has 0 saturated carbocycles. The van der Waals surface area contributed by atoms with Crippen molar-refractivity contribution >= 4 is 11.6 Å². The second-order valence-electron chi connectivity index (χ2n) is 3.19. The molecule has 0 radical (unpaired) electrons. The Labute approximate surface area is 87.3 Å². The van der Waals surface area contributed by atoms with Crippen LogP contribution < -0.4 is 0 Å². The molecule has 0 amide bonds. The molecule has 72 valence electrons. The number of halogens is 1. The molecule has 0 aliphatic rings. The quantitative estimate of drug-likeness (QED) is 0.706. The van der Waals surface area contributed by atoms with Gasteiger partial charge in [-0.3, -0.25) is 4.68 Å². The monoisotopic (exact) mass is 207 g/mol. The van der Waals surface area contributed by atoms with Gasteiger partial charge in [-0.15, -0.1) is 0 Å². The summed E-state index contributed by atoms with van der Waals surface area (Å²) in [5, 5.41) is 4.63. The molecule has 0 aliphatic heterocycles. The molecule has 3 nitrogen and oxygen atoms in total. The van der Waals surface area contributed by atoms with E-state index in [1.807, 2.05) is 25.5 Å². The van der Waals surface area contributed by atoms with Crippen molar-refractivity contribution in [2.24, 2.45) is 7.05 Å². The molecule has 14 heavy (non-hydrogen) atoms. The Hall–Kier alpha value is -1.35. The molecule has 2 aromatic rings. The van der Waals surface area contributed by atoms with E-state index < -0.39 is 0 Å². The number of rotatable bonds is 2. The maximum absolute atomic E-state index is 5.69. The molecule has 0 spiro atoms. The maximum Gasteiger partial charge on any atom is 0.129 e. The summed E-state index contributed by atoms with van der Waals surface area (Å²) in [4.78, 5) is 4.02. The Morgan fingerprint density at radius 3 is 2.71 bits per heavy atom. The largest absolute Gasteiger partial charge is 0.276 e. The zero-order chi connectivity index (χ0) is 9.97. The maximum atomic E-state index is 5.69. The summed E-state index contributed by atoms with van der Waals surface area (Å²) in [7, 11) is 1.91. The highest BCUT2D eigenvalue weighted by Gasteiger charge is 1.98. The van der Waals surface area contributed by atoms with E-state index in [9.17, 15) is 0 Å². The molecule has 2 rings (SSSR count). The van der Waals surface area contributed by atoms with Crippen molar-refractivity contribution in [2.75, 3.05) is 0 Å². The predicted octanol–water partition coefficient (Wildman–Crippen LogP) is 2.06. The van der Waals surface area contributed by atoms with Crippen molar-refractivity contribution in [3.05, 3.63) is 47.0 Å². The smallest absolute Gasteiger partial charge is 0.129 e. The first-order valence-electron chi connectivity index (χ1n) is 4.32. The highest BCUT2D eigenvalue weighted by Crippen LogP contribution is 2.09. The van der Waals surface area contributed by atoms with Crippen LogP contribution in [-0.4, -0.2) is 14.8 Å². The van der Waals surface area contributed by atoms with Crippen molar-refractivity contribution in [2.45, 2.75) is 6.42 Å². The van der Waals surface area contributed by atoms with E-state index in [0.29, 0.717) is 5.15 Å². The summed E-state index contributed by atoms with van der Waals surface area (Å²) >= 11 is 5.69. The van der Waals surface area contributed by atoms with Gasteiger partial charge in [0.15, 0.2) is 0 Å². The van der Waals surface area contributed by atoms with Gasteiger partial charge < -0.3 is 0 Å². The van der Waals surface area contributed by atoms with Gasteiger partial charge in [0.2, 0.25) is 0 Å². The van der Waals surface area contributed by atoms with Gasteiger partial charge in [-0.2, -0.15) is 5.10 Å². The van der Waals surface area contributed by atoms with Gasteiger partial charge in [-0.25, -0.2) is 4.98 Å². The first-order valence-corrected chi connectivity index (χ1v) is 4.70. The number of hydrogen-bond acceptors (Lipinski definition) is 2. The molecule has 0 bridgehead atoms. The third kappa shape index (κ3) is 2.12. The van der Waals surface area contributed by atoms with Crippen LogP contribution in [0, 0.1) is 0 Å². The van der Waals surface area contributed by atoms with E-state index in [-0.39, 0.29) is 0 Å². The molecule has 0 fully saturated rings. The van der Waals surface area contributed by atoms with Gasteiger partial charge in [0.1, 0.15) is 5.15 Å². The highest BCUT2D eigenvalue weighted by atomic mass is 35.5. The summed E-state index contributed by atoms with van der Waals surface area (Å²) in [5.41, 5.74) is 2.32. The molecule has 0 saturated heterocycles. The van der Waals surface area contributed by atoms with Crippen LogP contribution in [0.15, 0.2) is 30.7 Å². The van der Waals surface area contributed by atoms with E-state index in [1.165, 1.54) is 5.56 Å². The first-order chi connectivity index (χ1) is 6.74. The Bertz CT molecular complexity index is 419. The molecule has 0 aromatic carbocycles. The lowest BCUT2D eigenvalue weighted by atomic mass is 10.1. The summed E-state index contributed by atoms with van der Waals surface area (Å²) in [6.45, 7) is 0. The van der Waals surface area contributed by atoms with Crippen LogP contribution >= 0.6 is 11.6 Å². The van der Waals surface area contributed by atoms with Crippen molar-refractivity contribution in [3.8, 4) is 0 Å². The lowest BCUT2D eigenvalue weighted by molar-refractivity contribution is 0.767. The zero-order valence-electron chi connectivity index (χ0n) is 7.81. The van der Waals surface area contributed by atoms with Crippen LogP contribution in [0.25, 0.3) is 0 Å². The minimum atomic E-state index is 0.528. The molecule has 4 heteroatoms. The van der Waals surface area contributed by atoms with Crippen molar-refractivity contribution in [1.82, 2.24) is 14.8 Å². The van der Waals surface area contributed by atoms with Crippen LogP contribution in [0.1, 0.15) is 11.1 Å². The Morgan fingerprint density at radius 2 is 2.14 bits per heavy atom. The van der Waals surface area contributed by atoms with Gasteiger partial charge in [0.05, 0.1) is 6.20 Å². The number of hydrogen-bond donors (Lipinski definition) is 0. The zero-order valence-corrected chi connectivity index (χ0v) is 8.57. The van der Waals surface area contributed by atoms with Gasteiger partial charge in [-0.05, 0) is 17.2 Å². The van der Waals surface area contributed by atoms with E-state index in [2.05, 4.69) is 10.1 Å². The fourth-order valence-electron chi connectivity index (χ4n) is 1.31. The second kappa shape index (κ2) is 3.80. The molecular weight excluding hydrogens is 198 g/mol. The van der Waals surface area contributed by atoms with Crippen LogP contribution in [0.5, 0.6) is 0 Å². The average molecular weight is 208 g/mol. The molecule has 0 atom stereocenters. The minimum absolute atomic E-state index is 0.528. The molecule has 0 aliphatic carbocycles. The Morgan fingerprint density at radius 1 is 1.29 bits per heavy atom. The number of aromatic nitrogens is 3. The highest BCUT2D eigenvalue weighted by molar-refractivity contribution is 6.29. The Kier molecular flexibility index (Phi) is 2.50. The van der Waals surface area contributed by atoms with E-state index in [1.54, 1.807) is 16.9 Å². The third-order valence-corrected chi connectivity index (χ3v) is 2.18. The summed E-state index contributed by atoms with van der Waals surface area (Å²) < 4.78 is 1.79. The van der Waals surface area contributed by atoms with Crippen LogP contribution in [-0.2, 0) is 13.5 Å². The van der Waals surface area contributed by atoms with Crippen molar-refractivity contribution < 1.29 is 0 Å². The average Bonchev–Trinajstić information content (AvgIpc) is 2.56. The SMILES string of the molecule is Cn1cc(Cc2ccc(Cl)nc2)cn1. The standard InChI is InChI=1S/C10H10ClN3/c1-14-7-9(6-13-14)4-8-2-3-10(11)12-5-8/h2-3,5-7H,4H2,1H3. The second-order valence-corrected chi connectivity index (χ2v) is 3.58. The number of pyridine rings is 1. The van der Waals surface area contributed by atoms with Crippen molar-refractivity contribution in [1.29, 1.82) is 0 Å². The fourth-order valence-corrected chi connectivity index (χ4v) is 1.42. The molecule has 2 aromatic heterocycles. The van der Waals surface area contributed by atoms with E-state index >= 15 is 0 Å². The van der Waals surface area contributed by atoms with Crippen LogP contribution in [0.2, 0.25) is 5.15 Å². The summed E-state index contributed by atoms with van der Waals surface area (Å²) in [5.74, 6) is 0. The number of nitrogens with zero attached hydrogens (tertiary/aromatic N) is 3. The lowest BCUT2D eigenvalue weighted by Gasteiger charge is -1.97. The van der Waals surface area contributed by atoms with Crippen LogP contribution in [0.4, 0.5) is 0 Å². The van der Waals surface area contributed by atoms with Gasteiger partial charge in [-0.1, -0.05) is 17.7 Å². The summed E-state index contributed by atoms with van der Waals surface area (Å²) in [6, 6.07) is 3.77. The van der Waals surface area contributed by atoms with Gasteiger partial charge in [0, 0.05) is 25.9 Å². The van der Waals surface area contributed by atoms with Gasteiger partial charge >= 0.3 is 0 Å². The minimum Gasteiger partial charge on any atom is -0.276 e. The normalized spacial score (nSPS) is 10.4. The topological polar surface area (TPSA) is 30.7 Å². The van der Waals surface area contributed by atoms with E-state index in [4.69, 9.17) is 11.6 Å². The molecule has 0 unspecified atom stereocenters.